The first-order chi connectivity index (χ1) is 16.2. The number of hydrogen-bond acceptors (Lipinski definition) is 5. The lowest BCUT2D eigenvalue weighted by molar-refractivity contribution is -0.120. The van der Waals surface area contributed by atoms with Crippen LogP contribution < -0.4 is 5.32 Å². The number of amides is 1. The zero-order valence-electron chi connectivity index (χ0n) is 18.7. The van der Waals surface area contributed by atoms with E-state index in [0.717, 1.165) is 12.8 Å². The van der Waals surface area contributed by atoms with E-state index in [2.05, 4.69) is 5.32 Å². The van der Waals surface area contributed by atoms with E-state index in [1.54, 1.807) is 18.2 Å². The SMILES string of the molecule is O=C(Nc1ccc(S(=O)(=O)N2CCCC2)cc1)C1CCN(S(=O)(=O)Cc2ccccc2F)CC1. The fraction of sp³-hybridized carbons (Fsp3) is 0.435. The molecule has 8 nitrogen and oxygen atoms in total. The Kier molecular flexibility index (Phi) is 7.36. The largest absolute Gasteiger partial charge is 0.326 e. The molecule has 0 radical (unpaired) electrons. The minimum Gasteiger partial charge on any atom is -0.326 e. The van der Waals surface area contributed by atoms with Crippen LogP contribution >= 0.6 is 0 Å². The minimum atomic E-state index is -3.69. The van der Waals surface area contributed by atoms with E-state index in [0.29, 0.717) is 31.6 Å². The number of nitrogens with zero attached hydrogens (tertiary/aromatic N) is 2. The molecule has 0 saturated carbocycles. The quantitative estimate of drug-likeness (QED) is 0.618. The molecule has 0 bridgehead atoms. The molecule has 2 heterocycles. The molecule has 2 aromatic carbocycles. The average molecular weight is 510 g/mol. The Morgan fingerprint density at radius 2 is 1.50 bits per heavy atom. The number of anilines is 1. The predicted octanol–water partition coefficient (Wildman–Crippen LogP) is 2.79. The molecule has 184 valence electrons. The van der Waals surface area contributed by atoms with Gasteiger partial charge < -0.3 is 5.32 Å². The lowest BCUT2D eigenvalue weighted by Gasteiger charge is -2.30. The molecule has 34 heavy (non-hydrogen) atoms. The monoisotopic (exact) mass is 509 g/mol. The number of nitrogens with one attached hydrogen (secondary N) is 1. The Balaban J connectivity index is 1.32. The molecule has 2 saturated heterocycles. The summed E-state index contributed by atoms with van der Waals surface area (Å²) in [6, 6.07) is 11.9. The van der Waals surface area contributed by atoms with Crippen molar-refractivity contribution in [3.63, 3.8) is 0 Å². The second kappa shape index (κ2) is 10.1. The van der Waals surface area contributed by atoms with Gasteiger partial charge in [0.25, 0.3) is 0 Å². The molecule has 0 atom stereocenters. The van der Waals surface area contributed by atoms with Gasteiger partial charge >= 0.3 is 0 Å². The fourth-order valence-corrected chi connectivity index (χ4v) is 7.43. The highest BCUT2D eigenvalue weighted by molar-refractivity contribution is 7.89. The second-order valence-electron chi connectivity index (χ2n) is 8.65. The molecule has 2 aliphatic rings. The van der Waals surface area contributed by atoms with Crippen molar-refractivity contribution >= 4 is 31.6 Å². The molecule has 1 amide bonds. The van der Waals surface area contributed by atoms with Gasteiger partial charge in [0.05, 0.1) is 10.6 Å². The molecule has 0 unspecified atom stereocenters. The molecule has 0 aliphatic carbocycles. The van der Waals surface area contributed by atoms with E-state index in [1.807, 2.05) is 0 Å². The van der Waals surface area contributed by atoms with Crippen LogP contribution in [0.2, 0.25) is 0 Å². The van der Waals surface area contributed by atoms with Crippen molar-refractivity contribution in [2.75, 3.05) is 31.5 Å². The molecular weight excluding hydrogens is 481 g/mol. The van der Waals surface area contributed by atoms with Gasteiger partial charge in [-0.05, 0) is 56.0 Å². The smallest absolute Gasteiger partial charge is 0.243 e. The molecule has 2 aromatic rings. The minimum absolute atomic E-state index is 0.123. The molecule has 11 heteroatoms. The van der Waals surface area contributed by atoms with E-state index in [9.17, 15) is 26.0 Å². The zero-order valence-corrected chi connectivity index (χ0v) is 20.3. The predicted molar refractivity (Wildman–Crippen MR) is 126 cm³/mol. The molecule has 0 aromatic heterocycles. The fourth-order valence-electron chi connectivity index (χ4n) is 4.33. The highest BCUT2D eigenvalue weighted by Gasteiger charge is 2.32. The van der Waals surface area contributed by atoms with Crippen LogP contribution in [-0.2, 0) is 30.6 Å². The molecule has 4 rings (SSSR count). The van der Waals surface area contributed by atoms with Gasteiger partial charge in [0.15, 0.2) is 0 Å². The number of piperidine rings is 1. The van der Waals surface area contributed by atoms with Crippen LogP contribution in [0, 0.1) is 11.7 Å². The lowest BCUT2D eigenvalue weighted by atomic mass is 9.97. The Hall–Kier alpha value is -2.34. The first kappa shape index (κ1) is 24.8. The maximum Gasteiger partial charge on any atom is 0.243 e. The zero-order chi connectivity index (χ0) is 24.3. The number of sulfonamides is 2. The van der Waals surface area contributed by atoms with E-state index in [-0.39, 0.29) is 35.4 Å². The third-order valence-electron chi connectivity index (χ3n) is 6.34. The Labute approximate surface area is 199 Å². The Morgan fingerprint density at radius 1 is 0.882 bits per heavy atom. The lowest BCUT2D eigenvalue weighted by Crippen LogP contribution is -2.42. The normalized spacial score (nSPS) is 18.7. The number of carbonyl (C=O) groups excluding carboxylic acids is 1. The Morgan fingerprint density at radius 3 is 2.12 bits per heavy atom. The van der Waals surface area contributed by atoms with Crippen LogP contribution in [0.5, 0.6) is 0 Å². The number of carbonyl (C=O) groups is 1. The summed E-state index contributed by atoms with van der Waals surface area (Å²) in [5, 5.41) is 2.80. The molecule has 2 aliphatic heterocycles. The highest BCUT2D eigenvalue weighted by atomic mass is 32.2. The van der Waals surface area contributed by atoms with Crippen molar-refractivity contribution in [2.24, 2.45) is 5.92 Å². The summed E-state index contributed by atoms with van der Waals surface area (Å²) in [5.74, 6) is -1.57. The van der Waals surface area contributed by atoms with Gasteiger partial charge in [0.2, 0.25) is 26.0 Å². The third-order valence-corrected chi connectivity index (χ3v) is 10.1. The van der Waals surface area contributed by atoms with Crippen LogP contribution in [0.4, 0.5) is 10.1 Å². The van der Waals surface area contributed by atoms with Gasteiger partial charge in [-0.25, -0.2) is 25.5 Å². The van der Waals surface area contributed by atoms with Gasteiger partial charge in [-0.2, -0.15) is 4.31 Å². The van der Waals surface area contributed by atoms with Gasteiger partial charge in [0.1, 0.15) is 5.82 Å². The van der Waals surface area contributed by atoms with Gasteiger partial charge in [-0.3, -0.25) is 4.79 Å². The topological polar surface area (TPSA) is 104 Å². The summed E-state index contributed by atoms with van der Waals surface area (Å²) >= 11 is 0. The second-order valence-corrected chi connectivity index (χ2v) is 12.6. The van der Waals surface area contributed by atoms with E-state index >= 15 is 0 Å². The first-order valence-corrected chi connectivity index (χ1v) is 14.3. The van der Waals surface area contributed by atoms with Crippen LogP contribution in [-0.4, -0.2) is 57.5 Å². The number of benzene rings is 2. The molecular formula is C23H28FN3O5S2. The van der Waals surface area contributed by atoms with E-state index in [1.165, 1.54) is 38.9 Å². The van der Waals surface area contributed by atoms with Crippen molar-refractivity contribution in [1.82, 2.24) is 8.61 Å². The van der Waals surface area contributed by atoms with E-state index < -0.39 is 31.6 Å². The van der Waals surface area contributed by atoms with Crippen LogP contribution in [0.1, 0.15) is 31.2 Å². The van der Waals surface area contributed by atoms with Crippen molar-refractivity contribution in [2.45, 2.75) is 36.3 Å². The summed E-state index contributed by atoms with van der Waals surface area (Å²) in [6.07, 6.45) is 2.42. The summed E-state index contributed by atoms with van der Waals surface area (Å²) in [6.45, 7) is 1.41. The summed E-state index contributed by atoms with van der Waals surface area (Å²) < 4.78 is 67.3. The van der Waals surface area contributed by atoms with Crippen LogP contribution in [0.3, 0.4) is 0 Å². The standard InChI is InChI=1S/C23H28FN3O5S2/c24-22-6-2-1-5-19(22)17-33(29,30)26-15-11-18(12-16-26)23(28)25-20-7-9-21(10-8-20)34(31,32)27-13-3-4-14-27/h1-2,5-10,18H,3-4,11-17H2,(H,25,28). The maximum absolute atomic E-state index is 13.9. The average Bonchev–Trinajstić information content (AvgIpc) is 3.37. The number of rotatable bonds is 7. The number of hydrogen-bond donors (Lipinski definition) is 1. The number of halogens is 1. The van der Waals surface area contributed by atoms with Crippen molar-refractivity contribution in [3.8, 4) is 0 Å². The summed E-state index contributed by atoms with van der Waals surface area (Å²) in [7, 11) is -7.21. The van der Waals surface area contributed by atoms with Gasteiger partial charge in [-0.1, -0.05) is 18.2 Å². The third kappa shape index (κ3) is 5.48. The van der Waals surface area contributed by atoms with Crippen molar-refractivity contribution in [3.05, 3.63) is 59.9 Å². The molecule has 1 N–H and O–H groups in total. The van der Waals surface area contributed by atoms with E-state index in [4.69, 9.17) is 0 Å². The first-order valence-electron chi connectivity index (χ1n) is 11.3. The molecule has 2 fully saturated rings. The summed E-state index contributed by atoms with van der Waals surface area (Å²) in [5.41, 5.74) is 0.609. The maximum atomic E-state index is 13.9. The van der Waals surface area contributed by atoms with Crippen LogP contribution in [0.15, 0.2) is 53.4 Å². The molecule has 0 spiro atoms. The van der Waals surface area contributed by atoms with Crippen molar-refractivity contribution < 1.29 is 26.0 Å². The van der Waals surface area contributed by atoms with Crippen LogP contribution in [0.25, 0.3) is 0 Å². The van der Waals surface area contributed by atoms with Crippen molar-refractivity contribution in [1.29, 1.82) is 0 Å². The Bertz CT molecular complexity index is 1240. The highest BCUT2D eigenvalue weighted by Crippen LogP contribution is 2.25. The summed E-state index contributed by atoms with van der Waals surface area (Å²) in [4.78, 5) is 12.9. The van der Waals surface area contributed by atoms with Gasteiger partial charge in [-0.15, -0.1) is 0 Å². The van der Waals surface area contributed by atoms with Gasteiger partial charge in [0, 0.05) is 43.3 Å².